The second-order valence-corrected chi connectivity index (χ2v) is 5.10. The molecule has 0 aromatic heterocycles. The molecule has 15 heavy (non-hydrogen) atoms. The lowest BCUT2D eigenvalue weighted by Gasteiger charge is -2.33. The van der Waals surface area contributed by atoms with Crippen LogP contribution in [0.1, 0.15) is 24.3 Å². The maximum atomic E-state index is 5.66. The third-order valence-corrected chi connectivity index (χ3v) is 3.66. The number of hydrogen-bond donors (Lipinski definition) is 1. The van der Waals surface area contributed by atoms with Crippen molar-refractivity contribution in [3.8, 4) is 0 Å². The van der Waals surface area contributed by atoms with E-state index in [1.807, 2.05) is 0 Å². The minimum atomic E-state index is 0.647. The van der Waals surface area contributed by atoms with Gasteiger partial charge in [0.25, 0.3) is 0 Å². The van der Waals surface area contributed by atoms with Gasteiger partial charge in [0.1, 0.15) is 0 Å². The average molecular weight is 269 g/mol. The van der Waals surface area contributed by atoms with Gasteiger partial charge in [-0.1, -0.05) is 22.0 Å². The number of halogens is 1. The van der Waals surface area contributed by atoms with Crippen molar-refractivity contribution in [1.82, 2.24) is 0 Å². The Labute approximate surface area is 99.6 Å². The normalized spacial score (nSPS) is 20.2. The minimum absolute atomic E-state index is 0.647. The first kappa shape index (κ1) is 11.0. The number of nitrogens with zero attached hydrogens (tertiary/aromatic N) is 1. The van der Waals surface area contributed by atoms with Gasteiger partial charge in [-0.2, -0.15) is 0 Å². The molecule has 1 aromatic rings. The Hall–Kier alpha value is -0.540. The SMILES string of the molecule is CN1CCC(CCN)c2ccc(Br)cc21. The molecule has 1 unspecified atom stereocenters. The highest BCUT2D eigenvalue weighted by atomic mass is 79.9. The molecule has 2 N–H and O–H groups in total. The summed E-state index contributed by atoms with van der Waals surface area (Å²) in [7, 11) is 2.16. The zero-order valence-electron chi connectivity index (χ0n) is 9.04. The summed E-state index contributed by atoms with van der Waals surface area (Å²) in [5.74, 6) is 0.647. The molecule has 1 heterocycles. The Morgan fingerprint density at radius 1 is 1.53 bits per heavy atom. The number of rotatable bonds is 2. The van der Waals surface area contributed by atoms with E-state index >= 15 is 0 Å². The van der Waals surface area contributed by atoms with Crippen molar-refractivity contribution in [2.24, 2.45) is 5.73 Å². The van der Waals surface area contributed by atoms with Gasteiger partial charge in [-0.05, 0) is 43.0 Å². The van der Waals surface area contributed by atoms with Crippen molar-refractivity contribution in [3.05, 3.63) is 28.2 Å². The van der Waals surface area contributed by atoms with E-state index < -0.39 is 0 Å². The second-order valence-electron chi connectivity index (χ2n) is 4.19. The third-order valence-electron chi connectivity index (χ3n) is 3.17. The standard InChI is InChI=1S/C12H17BrN2/c1-15-7-5-9(4-6-14)11-3-2-10(13)8-12(11)15/h2-3,8-9H,4-7,14H2,1H3. The topological polar surface area (TPSA) is 29.3 Å². The van der Waals surface area contributed by atoms with Crippen LogP contribution < -0.4 is 10.6 Å². The summed E-state index contributed by atoms with van der Waals surface area (Å²) in [4.78, 5) is 2.33. The molecular weight excluding hydrogens is 252 g/mol. The highest BCUT2D eigenvalue weighted by Crippen LogP contribution is 2.37. The van der Waals surface area contributed by atoms with E-state index in [1.54, 1.807) is 0 Å². The van der Waals surface area contributed by atoms with E-state index in [-0.39, 0.29) is 0 Å². The summed E-state index contributed by atoms with van der Waals surface area (Å²) in [6.45, 7) is 1.91. The molecule has 0 fully saturated rings. The predicted octanol–water partition coefficient (Wildman–Crippen LogP) is 2.72. The first-order valence-electron chi connectivity index (χ1n) is 5.43. The van der Waals surface area contributed by atoms with E-state index in [0.717, 1.165) is 24.0 Å². The van der Waals surface area contributed by atoms with Crippen LogP contribution in [0.3, 0.4) is 0 Å². The Bertz CT molecular complexity index is 351. The fourth-order valence-corrected chi connectivity index (χ4v) is 2.67. The molecule has 0 aliphatic carbocycles. The maximum absolute atomic E-state index is 5.66. The molecule has 0 saturated heterocycles. The average Bonchev–Trinajstić information content (AvgIpc) is 2.23. The number of nitrogens with two attached hydrogens (primary N) is 1. The van der Waals surface area contributed by atoms with Crippen LogP contribution in [0, 0.1) is 0 Å². The molecule has 0 bridgehead atoms. The predicted molar refractivity (Wildman–Crippen MR) is 68.4 cm³/mol. The van der Waals surface area contributed by atoms with Gasteiger partial charge >= 0.3 is 0 Å². The quantitative estimate of drug-likeness (QED) is 0.894. The van der Waals surface area contributed by atoms with Gasteiger partial charge in [0.05, 0.1) is 0 Å². The lowest BCUT2D eigenvalue weighted by molar-refractivity contribution is 0.560. The molecule has 0 spiro atoms. The lowest BCUT2D eigenvalue weighted by Crippen LogP contribution is -2.28. The monoisotopic (exact) mass is 268 g/mol. The van der Waals surface area contributed by atoms with Crippen LogP contribution in [0.4, 0.5) is 5.69 Å². The summed E-state index contributed by atoms with van der Waals surface area (Å²) in [6.07, 6.45) is 2.32. The molecule has 3 heteroatoms. The minimum Gasteiger partial charge on any atom is -0.374 e. The summed E-state index contributed by atoms with van der Waals surface area (Å²) >= 11 is 3.53. The van der Waals surface area contributed by atoms with Crippen LogP contribution in [0.15, 0.2) is 22.7 Å². The van der Waals surface area contributed by atoms with Gasteiger partial charge in [-0.25, -0.2) is 0 Å². The maximum Gasteiger partial charge on any atom is 0.0410 e. The summed E-state index contributed by atoms with van der Waals surface area (Å²) in [6, 6.07) is 6.56. The molecule has 1 aromatic carbocycles. The molecular formula is C12H17BrN2. The fourth-order valence-electron chi connectivity index (χ4n) is 2.32. The van der Waals surface area contributed by atoms with Crippen LogP contribution in [0.25, 0.3) is 0 Å². The van der Waals surface area contributed by atoms with E-state index in [1.165, 1.54) is 17.7 Å². The molecule has 2 nitrogen and oxygen atoms in total. The van der Waals surface area contributed by atoms with Crippen molar-refractivity contribution >= 4 is 21.6 Å². The van der Waals surface area contributed by atoms with Gasteiger partial charge in [0, 0.05) is 23.8 Å². The Balaban J connectivity index is 2.36. The molecule has 0 saturated carbocycles. The van der Waals surface area contributed by atoms with Crippen LogP contribution in [0.5, 0.6) is 0 Å². The highest BCUT2D eigenvalue weighted by Gasteiger charge is 2.22. The largest absolute Gasteiger partial charge is 0.374 e. The first-order valence-corrected chi connectivity index (χ1v) is 6.22. The van der Waals surface area contributed by atoms with Crippen molar-refractivity contribution in [3.63, 3.8) is 0 Å². The van der Waals surface area contributed by atoms with Crippen LogP contribution in [0.2, 0.25) is 0 Å². The van der Waals surface area contributed by atoms with Crippen molar-refractivity contribution in [1.29, 1.82) is 0 Å². The molecule has 82 valence electrons. The zero-order valence-corrected chi connectivity index (χ0v) is 10.6. The number of benzene rings is 1. The Morgan fingerprint density at radius 2 is 2.33 bits per heavy atom. The Kier molecular flexibility index (Phi) is 3.32. The van der Waals surface area contributed by atoms with Gasteiger partial charge in [-0.15, -0.1) is 0 Å². The fraction of sp³-hybridized carbons (Fsp3) is 0.500. The number of fused-ring (bicyclic) bond motifs is 1. The number of anilines is 1. The molecule has 0 radical (unpaired) electrons. The van der Waals surface area contributed by atoms with E-state index in [4.69, 9.17) is 5.73 Å². The number of hydrogen-bond acceptors (Lipinski definition) is 2. The molecule has 1 aliphatic heterocycles. The van der Waals surface area contributed by atoms with Crippen LogP contribution in [-0.4, -0.2) is 20.1 Å². The molecule has 2 rings (SSSR count). The first-order chi connectivity index (χ1) is 7.22. The van der Waals surface area contributed by atoms with Gasteiger partial charge < -0.3 is 10.6 Å². The van der Waals surface area contributed by atoms with E-state index in [2.05, 4.69) is 46.1 Å². The summed E-state index contributed by atoms with van der Waals surface area (Å²) in [5.41, 5.74) is 8.47. The zero-order chi connectivity index (χ0) is 10.8. The second kappa shape index (κ2) is 4.54. The third kappa shape index (κ3) is 2.18. The molecule has 1 atom stereocenters. The smallest absolute Gasteiger partial charge is 0.0410 e. The van der Waals surface area contributed by atoms with Crippen LogP contribution in [-0.2, 0) is 0 Å². The highest BCUT2D eigenvalue weighted by molar-refractivity contribution is 9.10. The van der Waals surface area contributed by atoms with E-state index in [9.17, 15) is 0 Å². The summed E-state index contributed by atoms with van der Waals surface area (Å²) < 4.78 is 1.15. The van der Waals surface area contributed by atoms with E-state index in [0.29, 0.717) is 5.92 Å². The van der Waals surface area contributed by atoms with Crippen LogP contribution >= 0.6 is 15.9 Å². The van der Waals surface area contributed by atoms with Crippen molar-refractivity contribution < 1.29 is 0 Å². The van der Waals surface area contributed by atoms with Gasteiger partial charge in [0.2, 0.25) is 0 Å². The lowest BCUT2D eigenvalue weighted by atomic mass is 9.88. The van der Waals surface area contributed by atoms with Crippen molar-refractivity contribution in [2.45, 2.75) is 18.8 Å². The molecule has 1 aliphatic rings. The Morgan fingerprint density at radius 3 is 3.07 bits per heavy atom. The van der Waals surface area contributed by atoms with Crippen molar-refractivity contribution in [2.75, 3.05) is 25.0 Å². The van der Waals surface area contributed by atoms with Gasteiger partial charge in [0.15, 0.2) is 0 Å². The van der Waals surface area contributed by atoms with Gasteiger partial charge in [-0.3, -0.25) is 0 Å². The summed E-state index contributed by atoms with van der Waals surface area (Å²) in [5, 5.41) is 0. The molecule has 0 amide bonds.